The highest BCUT2D eigenvalue weighted by Crippen LogP contribution is 2.37. The number of nitrogens with zero attached hydrogens (tertiary/aromatic N) is 1. The van der Waals surface area contributed by atoms with E-state index in [2.05, 4.69) is 4.98 Å². The highest BCUT2D eigenvalue weighted by Gasteiger charge is 2.31. The molecule has 5 nitrogen and oxygen atoms in total. The number of hydrogen-bond donors (Lipinski definition) is 1. The Bertz CT molecular complexity index is 819. The number of carbonyl (C=O) groups excluding carboxylic acids is 1. The molecule has 1 aromatic heterocycles. The van der Waals surface area contributed by atoms with E-state index < -0.39 is 11.7 Å². The van der Waals surface area contributed by atoms with Crippen molar-refractivity contribution in [2.24, 2.45) is 11.8 Å². The fourth-order valence-electron chi connectivity index (χ4n) is 4.03. The molecule has 5 heteroatoms. The second-order valence-electron chi connectivity index (χ2n) is 8.79. The van der Waals surface area contributed by atoms with Gasteiger partial charge < -0.3 is 14.6 Å². The first-order valence-electron chi connectivity index (χ1n) is 10.1. The predicted octanol–water partition coefficient (Wildman–Crippen LogP) is 4.82. The molecule has 2 aromatic rings. The molecule has 3 rings (SSSR count). The van der Waals surface area contributed by atoms with Gasteiger partial charge in [0.25, 0.3) is 0 Å². The Hall–Kier alpha value is -2.14. The van der Waals surface area contributed by atoms with E-state index in [0.717, 1.165) is 47.9 Å². The zero-order valence-corrected chi connectivity index (χ0v) is 17.3. The number of aliphatic hydroxyl groups is 1. The minimum Gasteiger partial charge on any atom is -0.497 e. The fraction of sp³-hybridized carbons (Fsp3) is 0.565. The molecule has 1 fully saturated rings. The van der Waals surface area contributed by atoms with Crippen LogP contribution in [0, 0.1) is 11.8 Å². The summed E-state index contributed by atoms with van der Waals surface area (Å²) in [6.45, 7) is 5.71. The Labute approximate surface area is 167 Å². The van der Waals surface area contributed by atoms with E-state index >= 15 is 0 Å². The molecule has 1 heterocycles. The number of pyridine rings is 1. The molecule has 1 aliphatic rings. The predicted molar refractivity (Wildman–Crippen MR) is 109 cm³/mol. The number of benzene rings is 1. The lowest BCUT2D eigenvalue weighted by Crippen LogP contribution is -2.31. The smallest absolute Gasteiger partial charge is 0.309 e. The van der Waals surface area contributed by atoms with Crippen molar-refractivity contribution >= 4 is 16.9 Å². The third-order valence-corrected chi connectivity index (χ3v) is 5.48. The van der Waals surface area contributed by atoms with Gasteiger partial charge in [-0.3, -0.25) is 9.78 Å². The molecule has 1 saturated carbocycles. The van der Waals surface area contributed by atoms with Crippen molar-refractivity contribution < 1.29 is 19.4 Å². The van der Waals surface area contributed by atoms with Crippen molar-refractivity contribution in [3.05, 3.63) is 36.0 Å². The molecule has 152 valence electrons. The van der Waals surface area contributed by atoms with E-state index in [1.807, 2.05) is 45.0 Å². The second-order valence-corrected chi connectivity index (χ2v) is 8.79. The third kappa shape index (κ3) is 5.02. The Balaban J connectivity index is 1.63. The van der Waals surface area contributed by atoms with Gasteiger partial charge in [-0.1, -0.05) is 0 Å². The van der Waals surface area contributed by atoms with Crippen LogP contribution in [0.15, 0.2) is 30.5 Å². The SMILES string of the molecule is COc1ccc2nccc(C(O)CC3CCC(C(=O)OC(C)(C)C)CC3)c2c1. The Morgan fingerprint density at radius 1 is 1.21 bits per heavy atom. The van der Waals surface area contributed by atoms with Crippen LogP contribution in [0.3, 0.4) is 0 Å². The number of fused-ring (bicyclic) bond motifs is 1. The van der Waals surface area contributed by atoms with Crippen molar-refractivity contribution in [3.8, 4) is 5.75 Å². The minimum absolute atomic E-state index is 0.0152. The molecule has 0 amide bonds. The van der Waals surface area contributed by atoms with Crippen LogP contribution in [-0.2, 0) is 9.53 Å². The van der Waals surface area contributed by atoms with E-state index in [1.54, 1.807) is 13.3 Å². The average Bonchev–Trinajstić information content (AvgIpc) is 2.66. The van der Waals surface area contributed by atoms with E-state index in [-0.39, 0.29) is 11.9 Å². The lowest BCUT2D eigenvalue weighted by molar-refractivity contribution is -0.161. The van der Waals surface area contributed by atoms with Gasteiger partial charge in [-0.2, -0.15) is 0 Å². The normalized spacial score (nSPS) is 21.3. The molecule has 0 aliphatic heterocycles. The molecule has 1 N–H and O–H groups in total. The van der Waals surface area contributed by atoms with Gasteiger partial charge in [-0.05, 0) is 88.6 Å². The average molecular weight is 386 g/mol. The Morgan fingerprint density at radius 2 is 1.93 bits per heavy atom. The van der Waals surface area contributed by atoms with Crippen LogP contribution in [-0.4, -0.2) is 28.8 Å². The molecular formula is C23H31NO4. The lowest BCUT2D eigenvalue weighted by atomic mass is 9.78. The molecular weight excluding hydrogens is 354 g/mol. The molecule has 0 radical (unpaired) electrons. The van der Waals surface area contributed by atoms with Gasteiger partial charge in [0.1, 0.15) is 11.4 Å². The van der Waals surface area contributed by atoms with Gasteiger partial charge >= 0.3 is 5.97 Å². The van der Waals surface area contributed by atoms with Crippen LogP contribution >= 0.6 is 0 Å². The standard InChI is InChI=1S/C23H31NO4/c1-23(2,3)28-22(26)16-7-5-15(6-8-16)13-21(25)18-11-12-24-20-10-9-17(27-4)14-19(18)20/h9-12,14-16,21,25H,5-8,13H2,1-4H3. The maximum atomic E-state index is 12.3. The van der Waals surface area contributed by atoms with E-state index in [0.29, 0.717) is 12.3 Å². The van der Waals surface area contributed by atoms with Gasteiger partial charge in [0.05, 0.1) is 24.6 Å². The summed E-state index contributed by atoms with van der Waals surface area (Å²) in [5, 5.41) is 11.8. The number of methoxy groups -OCH3 is 1. The number of aliphatic hydroxyl groups excluding tert-OH is 1. The fourth-order valence-corrected chi connectivity index (χ4v) is 4.03. The van der Waals surface area contributed by atoms with Crippen molar-refractivity contribution in [2.45, 2.75) is 64.6 Å². The topological polar surface area (TPSA) is 68.7 Å². The number of hydrogen-bond acceptors (Lipinski definition) is 5. The summed E-state index contributed by atoms with van der Waals surface area (Å²) in [7, 11) is 1.64. The molecule has 0 saturated heterocycles. The second kappa shape index (κ2) is 8.48. The Kier molecular flexibility index (Phi) is 6.23. The number of rotatable bonds is 5. The zero-order valence-electron chi connectivity index (χ0n) is 17.3. The summed E-state index contributed by atoms with van der Waals surface area (Å²) in [6, 6.07) is 7.61. The molecule has 0 spiro atoms. The van der Waals surface area contributed by atoms with E-state index in [1.165, 1.54) is 0 Å². The lowest BCUT2D eigenvalue weighted by Gasteiger charge is -2.30. The van der Waals surface area contributed by atoms with Crippen LogP contribution < -0.4 is 4.74 Å². The molecule has 1 atom stereocenters. The summed E-state index contributed by atoms with van der Waals surface area (Å²) in [5.41, 5.74) is 1.30. The molecule has 1 unspecified atom stereocenters. The minimum atomic E-state index is -0.555. The first-order valence-corrected chi connectivity index (χ1v) is 10.1. The van der Waals surface area contributed by atoms with Gasteiger partial charge in [0.15, 0.2) is 0 Å². The summed E-state index contributed by atoms with van der Waals surface area (Å²) in [4.78, 5) is 16.7. The monoisotopic (exact) mass is 385 g/mol. The molecule has 1 aromatic carbocycles. The van der Waals surface area contributed by atoms with Crippen molar-refractivity contribution in [3.63, 3.8) is 0 Å². The zero-order chi connectivity index (χ0) is 20.3. The van der Waals surface area contributed by atoms with Crippen LogP contribution in [0.2, 0.25) is 0 Å². The first kappa shape index (κ1) is 20.6. The number of ether oxygens (including phenoxy) is 2. The van der Waals surface area contributed by atoms with E-state index in [9.17, 15) is 9.90 Å². The Morgan fingerprint density at radius 3 is 2.57 bits per heavy atom. The maximum absolute atomic E-state index is 12.3. The highest BCUT2D eigenvalue weighted by molar-refractivity contribution is 5.83. The first-order chi connectivity index (χ1) is 13.3. The van der Waals surface area contributed by atoms with Gasteiger partial charge in [0.2, 0.25) is 0 Å². The van der Waals surface area contributed by atoms with Crippen LogP contribution in [0.25, 0.3) is 10.9 Å². The number of carbonyl (C=O) groups is 1. The van der Waals surface area contributed by atoms with Gasteiger partial charge in [-0.25, -0.2) is 0 Å². The number of esters is 1. The van der Waals surface area contributed by atoms with Crippen LogP contribution in [0.1, 0.15) is 64.5 Å². The summed E-state index contributed by atoms with van der Waals surface area (Å²) in [6.07, 6.45) is 5.42. The van der Waals surface area contributed by atoms with Crippen LogP contribution in [0.5, 0.6) is 5.75 Å². The number of aromatic nitrogens is 1. The quantitative estimate of drug-likeness (QED) is 0.748. The largest absolute Gasteiger partial charge is 0.497 e. The maximum Gasteiger partial charge on any atom is 0.309 e. The third-order valence-electron chi connectivity index (χ3n) is 5.48. The van der Waals surface area contributed by atoms with Crippen molar-refractivity contribution in [1.29, 1.82) is 0 Å². The van der Waals surface area contributed by atoms with Crippen LogP contribution in [0.4, 0.5) is 0 Å². The molecule has 1 aliphatic carbocycles. The summed E-state index contributed by atoms with van der Waals surface area (Å²) >= 11 is 0. The molecule has 28 heavy (non-hydrogen) atoms. The van der Waals surface area contributed by atoms with Gasteiger partial charge in [-0.15, -0.1) is 0 Å². The summed E-state index contributed by atoms with van der Waals surface area (Å²) in [5.74, 6) is 1.06. The van der Waals surface area contributed by atoms with E-state index in [4.69, 9.17) is 9.47 Å². The molecule has 0 bridgehead atoms. The van der Waals surface area contributed by atoms with Crippen molar-refractivity contribution in [2.75, 3.05) is 7.11 Å². The van der Waals surface area contributed by atoms with Gasteiger partial charge in [0, 0.05) is 11.6 Å². The highest BCUT2D eigenvalue weighted by atomic mass is 16.6. The van der Waals surface area contributed by atoms with Crippen molar-refractivity contribution in [1.82, 2.24) is 4.98 Å². The summed E-state index contributed by atoms with van der Waals surface area (Å²) < 4.78 is 10.8.